The van der Waals surface area contributed by atoms with Gasteiger partial charge in [-0.1, -0.05) is 25.5 Å². The summed E-state index contributed by atoms with van der Waals surface area (Å²) in [6.07, 6.45) is 12.2. The number of esters is 1. The minimum absolute atomic E-state index is 0.0528. The highest BCUT2D eigenvalue weighted by Crippen LogP contribution is 2.66. The maximum absolute atomic E-state index is 12.2. The van der Waals surface area contributed by atoms with Crippen LogP contribution >= 0.6 is 0 Å². The summed E-state index contributed by atoms with van der Waals surface area (Å²) in [6, 6.07) is 0. The molecule has 0 heterocycles. The minimum atomic E-state index is -0.145. The summed E-state index contributed by atoms with van der Waals surface area (Å²) < 4.78 is 5.57. The van der Waals surface area contributed by atoms with Crippen molar-refractivity contribution in [2.24, 2.45) is 34.5 Å². The van der Waals surface area contributed by atoms with E-state index in [0.717, 1.165) is 25.7 Å². The molecular formula is C24H36N2O3. The Kier molecular flexibility index (Phi) is 5.45. The van der Waals surface area contributed by atoms with Crippen LogP contribution in [0.2, 0.25) is 0 Å². The van der Waals surface area contributed by atoms with Crippen molar-refractivity contribution < 1.29 is 19.4 Å². The van der Waals surface area contributed by atoms with Crippen LogP contribution in [0.25, 0.3) is 5.53 Å². The van der Waals surface area contributed by atoms with Crippen molar-refractivity contribution in [1.82, 2.24) is 0 Å². The lowest BCUT2D eigenvalue weighted by Gasteiger charge is -2.59. The third kappa shape index (κ3) is 3.48. The number of allylic oxidation sites excluding steroid dienone is 2. The molecule has 4 rings (SSSR count). The highest BCUT2D eigenvalue weighted by atomic mass is 16.5. The van der Waals surface area contributed by atoms with Crippen LogP contribution in [0.15, 0.2) is 11.6 Å². The first-order chi connectivity index (χ1) is 13.8. The maximum Gasteiger partial charge on any atom is 0.302 e. The van der Waals surface area contributed by atoms with Crippen molar-refractivity contribution in [3.05, 3.63) is 17.2 Å². The topological polar surface area (TPSA) is 79.6 Å². The molecule has 29 heavy (non-hydrogen) atoms. The molecule has 5 heteroatoms. The molecule has 0 aromatic carbocycles. The van der Waals surface area contributed by atoms with Gasteiger partial charge < -0.3 is 15.4 Å². The Morgan fingerprint density at radius 3 is 2.72 bits per heavy atom. The zero-order chi connectivity index (χ0) is 20.8. The summed E-state index contributed by atoms with van der Waals surface area (Å²) in [5.41, 5.74) is 11.0. The lowest BCUT2D eigenvalue weighted by atomic mass is 9.46. The molecule has 0 aromatic heterocycles. The van der Waals surface area contributed by atoms with Gasteiger partial charge in [0.2, 0.25) is 0 Å². The molecule has 0 spiro atoms. The Bertz CT molecular complexity index is 732. The van der Waals surface area contributed by atoms with Crippen LogP contribution in [-0.2, 0) is 14.3 Å². The van der Waals surface area contributed by atoms with E-state index in [1.165, 1.54) is 32.6 Å². The Morgan fingerprint density at radius 2 is 2.00 bits per heavy atom. The van der Waals surface area contributed by atoms with Crippen molar-refractivity contribution in [3.63, 3.8) is 0 Å². The maximum atomic E-state index is 12.2. The second-order valence-corrected chi connectivity index (χ2v) is 10.6. The number of hydrogen-bond acceptors (Lipinski definition) is 3. The molecule has 0 aliphatic heterocycles. The molecule has 0 radical (unpaired) electrons. The predicted octanol–water partition coefficient (Wildman–Crippen LogP) is 3.56. The van der Waals surface area contributed by atoms with Gasteiger partial charge in [-0.3, -0.25) is 9.59 Å². The second kappa shape index (κ2) is 7.63. The third-order valence-corrected chi connectivity index (χ3v) is 9.28. The first-order valence-corrected chi connectivity index (χ1v) is 11.5. The molecule has 4 aliphatic rings. The number of carbonyl (C=O) groups excluding carboxylic acids is 2. The van der Waals surface area contributed by atoms with Crippen LogP contribution in [0.4, 0.5) is 0 Å². The first-order valence-electron chi connectivity index (χ1n) is 11.5. The number of hydrogen-bond donors (Lipinski definition) is 1. The molecule has 1 N–H and O–H groups in total. The van der Waals surface area contributed by atoms with E-state index in [0.29, 0.717) is 35.5 Å². The number of ether oxygens (including phenoxy) is 1. The van der Waals surface area contributed by atoms with Crippen molar-refractivity contribution in [2.45, 2.75) is 84.7 Å². The summed E-state index contributed by atoms with van der Waals surface area (Å²) in [6.45, 7) is 6.47. The summed E-state index contributed by atoms with van der Waals surface area (Å²) in [5.74, 6) is 2.36. The molecule has 160 valence electrons. The normalized spacial score (nSPS) is 43.4. The van der Waals surface area contributed by atoms with Crippen LogP contribution in [-0.4, -0.2) is 24.4 Å². The fourth-order valence-electron chi connectivity index (χ4n) is 7.72. The average molecular weight is 401 g/mol. The quantitative estimate of drug-likeness (QED) is 0.435. The molecule has 4 aliphatic carbocycles. The lowest BCUT2D eigenvalue weighted by molar-refractivity contribution is -0.467. The van der Waals surface area contributed by atoms with E-state index in [1.54, 1.807) is 5.57 Å². The highest BCUT2D eigenvalue weighted by molar-refractivity contribution is 5.79. The van der Waals surface area contributed by atoms with Gasteiger partial charge in [0, 0.05) is 13.3 Å². The zero-order valence-corrected chi connectivity index (χ0v) is 18.2. The van der Waals surface area contributed by atoms with E-state index in [-0.39, 0.29) is 29.8 Å². The standard InChI is InChI=1S/C24H36N2O3/c1-15(27)29-19-8-10-23(2)17(13-19)4-6-20-21-7-5-16(12-18(28)14-26-25)24(21,3)11-9-22(20)23/h7,16-17,19-20,22,26H,4-6,8-14H2,1-3H3. The van der Waals surface area contributed by atoms with Crippen LogP contribution in [0.1, 0.15) is 78.6 Å². The van der Waals surface area contributed by atoms with E-state index in [4.69, 9.17) is 10.3 Å². The van der Waals surface area contributed by atoms with Crippen molar-refractivity contribution in [2.75, 3.05) is 6.54 Å². The van der Waals surface area contributed by atoms with E-state index in [2.05, 4.69) is 19.9 Å². The summed E-state index contributed by atoms with van der Waals surface area (Å²) >= 11 is 0. The van der Waals surface area contributed by atoms with Crippen molar-refractivity contribution in [1.29, 1.82) is 0 Å². The number of rotatable bonds is 5. The summed E-state index contributed by atoms with van der Waals surface area (Å²) in [7, 11) is 0. The zero-order valence-electron chi connectivity index (χ0n) is 18.2. The molecule has 5 nitrogen and oxygen atoms in total. The SMILES string of the molecule is CC(=O)OC1CCC2(C)C(CCC3C4=CCC(CC(=O)C[NH+]=[N-])C4(C)CCC32)C1. The van der Waals surface area contributed by atoms with Gasteiger partial charge in [0.05, 0.1) is 0 Å². The summed E-state index contributed by atoms with van der Waals surface area (Å²) in [4.78, 5) is 23.6. The largest absolute Gasteiger partial charge is 0.508 e. The van der Waals surface area contributed by atoms with Crippen molar-refractivity contribution >= 4 is 11.8 Å². The van der Waals surface area contributed by atoms with Gasteiger partial charge in [-0.2, -0.15) is 0 Å². The molecule has 7 atom stereocenters. The predicted molar refractivity (Wildman–Crippen MR) is 110 cm³/mol. The fraction of sp³-hybridized carbons (Fsp3) is 0.833. The monoisotopic (exact) mass is 400 g/mol. The van der Waals surface area contributed by atoms with E-state index < -0.39 is 0 Å². The number of ketones is 1. The number of fused-ring (bicyclic) bond motifs is 5. The molecule has 0 amide bonds. The number of carbonyl (C=O) groups is 2. The fourth-order valence-corrected chi connectivity index (χ4v) is 7.72. The van der Waals surface area contributed by atoms with Crippen LogP contribution in [0.5, 0.6) is 0 Å². The molecule has 3 saturated carbocycles. The van der Waals surface area contributed by atoms with Gasteiger partial charge in [0.15, 0.2) is 12.3 Å². The second-order valence-electron chi connectivity index (χ2n) is 10.6. The molecular weight excluding hydrogens is 364 g/mol. The first kappa shape index (κ1) is 20.7. The third-order valence-electron chi connectivity index (χ3n) is 9.28. The van der Waals surface area contributed by atoms with E-state index in [9.17, 15) is 9.59 Å². The Morgan fingerprint density at radius 1 is 1.21 bits per heavy atom. The van der Waals surface area contributed by atoms with Gasteiger partial charge in [-0.05, 0) is 85.9 Å². The Hall–Kier alpha value is -1.52. The highest BCUT2D eigenvalue weighted by Gasteiger charge is 2.57. The molecule has 0 saturated heterocycles. The Balaban J connectivity index is 1.49. The van der Waals surface area contributed by atoms with Gasteiger partial charge >= 0.3 is 5.97 Å². The molecule has 0 aromatic rings. The lowest BCUT2D eigenvalue weighted by Crippen LogP contribution is -2.65. The minimum Gasteiger partial charge on any atom is -0.508 e. The Labute approximate surface area is 174 Å². The molecule has 3 fully saturated rings. The van der Waals surface area contributed by atoms with Gasteiger partial charge in [-0.15, -0.1) is 0 Å². The smallest absolute Gasteiger partial charge is 0.302 e. The molecule has 7 unspecified atom stereocenters. The summed E-state index contributed by atoms with van der Waals surface area (Å²) in [5, 5.41) is 2.02. The molecule has 0 bridgehead atoms. The van der Waals surface area contributed by atoms with Crippen molar-refractivity contribution in [3.8, 4) is 0 Å². The van der Waals surface area contributed by atoms with Gasteiger partial charge in [-0.25, -0.2) is 0 Å². The van der Waals surface area contributed by atoms with E-state index in [1.807, 2.05) is 5.11 Å². The van der Waals surface area contributed by atoms with E-state index >= 15 is 0 Å². The average Bonchev–Trinajstić information content (AvgIpc) is 2.98. The van der Waals surface area contributed by atoms with Gasteiger partial charge in [0.1, 0.15) is 6.10 Å². The number of Topliss-reactive ketones (excluding diaryl/α,β-unsaturated/α-hetero) is 1. The number of nitrogens with one attached hydrogen (secondary N) is 1. The van der Waals surface area contributed by atoms with Crippen LogP contribution in [0, 0.1) is 34.5 Å². The van der Waals surface area contributed by atoms with Gasteiger partial charge in [0.25, 0.3) is 0 Å². The number of nitrogens with zero attached hydrogens (tertiary/aromatic N) is 1. The van der Waals surface area contributed by atoms with Crippen LogP contribution < -0.4 is 5.11 Å². The van der Waals surface area contributed by atoms with Crippen LogP contribution in [0.3, 0.4) is 0 Å².